The number of hydrogen-bond acceptors (Lipinski definition) is 4. The third kappa shape index (κ3) is 2.72. The summed E-state index contributed by atoms with van der Waals surface area (Å²) in [7, 11) is 1.53. The predicted octanol–water partition coefficient (Wildman–Crippen LogP) is 2.31. The van der Waals surface area contributed by atoms with E-state index in [1.165, 1.54) is 7.11 Å². The number of carboxylic acids is 2. The van der Waals surface area contributed by atoms with Crippen LogP contribution in [0.1, 0.15) is 25.3 Å². The summed E-state index contributed by atoms with van der Waals surface area (Å²) in [5.41, 5.74) is 1.36. The van der Waals surface area contributed by atoms with Gasteiger partial charge >= 0.3 is 11.9 Å². The van der Waals surface area contributed by atoms with Crippen LogP contribution in [0.5, 0.6) is 5.75 Å². The molecule has 2 rings (SSSR count). The van der Waals surface area contributed by atoms with Crippen molar-refractivity contribution in [3.8, 4) is 5.75 Å². The van der Waals surface area contributed by atoms with Crippen molar-refractivity contribution in [3.05, 3.63) is 41.1 Å². The van der Waals surface area contributed by atoms with Crippen LogP contribution in [-0.4, -0.2) is 35.0 Å². The lowest BCUT2D eigenvalue weighted by molar-refractivity contribution is -0.140. The van der Waals surface area contributed by atoms with E-state index in [2.05, 4.69) is 4.99 Å². The van der Waals surface area contributed by atoms with Crippen molar-refractivity contribution in [2.24, 2.45) is 10.9 Å². The maximum Gasteiger partial charge on any atom is 0.334 e. The molecule has 2 atom stereocenters. The van der Waals surface area contributed by atoms with Gasteiger partial charge in [0.2, 0.25) is 0 Å². The van der Waals surface area contributed by atoms with Crippen molar-refractivity contribution < 1.29 is 24.5 Å². The SMILES string of the molecule is COc1ccc(C2C(C(=O)O)=C(C)N=C(C)C2C(=O)O)cc1. The lowest BCUT2D eigenvalue weighted by Crippen LogP contribution is -2.34. The van der Waals surface area contributed by atoms with Crippen molar-refractivity contribution in [3.63, 3.8) is 0 Å². The Hall–Kier alpha value is -2.63. The lowest BCUT2D eigenvalue weighted by atomic mass is 9.76. The molecule has 1 aliphatic rings. The third-order valence-corrected chi connectivity index (χ3v) is 3.80. The molecule has 0 fully saturated rings. The number of aliphatic carboxylic acids is 2. The van der Waals surface area contributed by atoms with Crippen LogP contribution in [0.2, 0.25) is 0 Å². The molecule has 116 valence electrons. The van der Waals surface area contributed by atoms with Crippen LogP contribution >= 0.6 is 0 Å². The Bertz CT molecular complexity index is 672. The molecule has 0 amide bonds. The Balaban J connectivity index is 2.61. The molecule has 0 bridgehead atoms. The van der Waals surface area contributed by atoms with E-state index in [9.17, 15) is 19.8 Å². The number of nitrogens with zero attached hydrogens (tertiary/aromatic N) is 1. The summed E-state index contributed by atoms with van der Waals surface area (Å²) in [5.74, 6) is -3.40. The van der Waals surface area contributed by atoms with Crippen LogP contribution in [-0.2, 0) is 9.59 Å². The number of ether oxygens (including phenoxy) is 1. The molecule has 0 aliphatic carbocycles. The molecule has 1 aromatic carbocycles. The van der Waals surface area contributed by atoms with Gasteiger partial charge in [0.25, 0.3) is 0 Å². The van der Waals surface area contributed by atoms with E-state index in [0.29, 0.717) is 22.7 Å². The minimum atomic E-state index is -1.15. The topological polar surface area (TPSA) is 96.2 Å². The Morgan fingerprint density at radius 2 is 1.73 bits per heavy atom. The highest BCUT2D eigenvalue weighted by molar-refractivity contribution is 6.06. The number of aliphatic imine (C=N–C) groups is 1. The minimum absolute atomic E-state index is 0.0168. The van der Waals surface area contributed by atoms with Crippen molar-refractivity contribution in [2.45, 2.75) is 19.8 Å². The first-order chi connectivity index (χ1) is 10.4. The summed E-state index contributed by atoms with van der Waals surface area (Å²) >= 11 is 0. The molecule has 6 heteroatoms. The Labute approximate surface area is 127 Å². The molecule has 0 spiro atoms. The van der Waals surface area contributed by atoms with Gasteiger partial charge in [-0.3, -0.25) is 9.79 Å². The molecular formula is C16H17NO5. The van der Waals surface area contributed by atoms with Gasteiger partial charge in [0.1, 0.15) is 11.7 Å². The Morgan fingerprint density at radius 3 is 2.18 bits per heavy atom. The van der Waals surface area contributed by atoms with E-state index < -0.39 is 23.8 Å². The molecular weight excluding hydrogens is 286 g/mol. The first kappa shape index (κ1) is 15.8. The maximum absolute atomic E-state index is 11.6. The number of methoxy groups -OCH3 is 1. The number of allylic oxidation sites excluding steroid dienone is 1. The van der Waals surface area contributed by atoms with Crippen LogP contribution < -0.4 is 4.74 Å². The normalized spacial score (nSPS) is 21.3. The Morgan fingerprint density at radius 1 is 1.14 bits per heavy atom. The molecule has 1 aliphatic heterocycles. The zero-order valence-corrected chi connectivity index (χ0v) is 12.5. The molecule has 0 saturated carbocycles. The average molecular weight is 303 g/mol. The van der Waals surface area contributed by atoms with Gasteiger partial charge in [-0.2, -0.15) is 0 Å². The molecule has 1 heterocycles. The van der Waals surface area contributed by atoms with Crippen LogP contribution in [0.25, 0.3) is 0 Å². The second-order valence-corrected chi connectivity index (χ2v) is 5.12. The van der Waals surface area contributed by atoms with Crippen LogP contribution in [0.4, 0.5) is 0 Å². The summed E-state index contributed by atoms with van der Waals surface area (Å²) in [4.78, 5) is 27.3. The number of benzene rings is 1. The van der Waals surface area contributed by atoms with Gasteiger partial charge in [0.15, 0.2) is 0 Å². The van der Waals surface area contributed by atoms with Crippen molar-refractivity contribution in [1.82, 2.24) is 0 Å². The third-order valence-electron chi connectivity index (χ3n) is 3.80. The quantitative estimate of drug-likeness (QED) is 0.889. The van der Waals surface area contributed by atoms with Gasteiger partial charge in [0.05, 0.1) is 12.7 Å². The second kappa shape index (κ2) is 6.01. The first-order valence-electron chi connectivity index (χ1n) is 6.72. The molecule has 0 radical (unpaired) electrons. The number of carboxylic acid groups (broad SMARTS) is 2. The van der Waals surface area contributed by atoms with Gasteiger partial charge in [-0.05, 0) is 31.5 Å². The summed E-state index contributed by atoms with van der Waals surface area (Å²) in [5, 5.41) is 19.0. The van der Waals surface area contributed by atoms with Crippen LogP contribution in [0.15, 0.2) is 40.5 Å². The summed E-state index contributed by atoms with van der Waals surface area (Å²) in [6.07, 6.45) is 0. The van der Waals surface area contributed by atoms with E-state index in [1.807, 2.05) is 0 Å². The fourth-order valence-corrected chi connectivity index (χ4v) is 2.81. The molecule has 0 saturated heterocycles. The van der Waals surface area contributed by atoms with Crippen LogP contribution in [0, 0.1) is 5.92 Å². The zero-order chi connectivity index (χ0) is 16.4. The highest BCUT2D eigenvalue weighted by Crippen LogP contribution is 2.39. The van der Waals surface area contributed by atoms with Crippen molar-refractivity contribution in [1.29, 1.82) is 0 Å². The maximum atomic E-state index is 11.6. The van der Waals surface area contributed by atoms with Gasteiger partial charge < -0.3 is 14.9 Å². The predicted molar refractivity (Wildman–Crippen MR) is 80.3 cm³/mol. The van der Waals surface area contributed by atoms with E-state index in [-0.39, 0.29) is 5.57 Å². The largest absolute Gasteiger partial charge is 0.497 e. The van der Waals surface area contributed by atoms with E-state index in [1.54, 1.807) is 38.1 Å². The smallest absolute Gasteiger partial charge is 0.334 e. The molecule has 0 aromatic heterocycles. The lowest BCUT2D eigenvalue weighted by Gasteiger charge is -2.29. The monoisotopic (exact) mass is 303 g/mol. The van der Waals surface area contributed by atoms with Gasteiger partial charge in [0, 0.05) is 17.3 Å². The Kier molecular flexibility index (Phi) is 4.30. The fourth-order valence-electron chi connectivity index (χ4n) is 2.81. The fraction of sp³-hybridized carbons (Fsp3) is 0.312. The summed E-state index contributed by atoms with van der Waals surface area (Å²) < 4.78 is 5.08. The standard InChI is InChI=1S/C16H17NO5/c1-8-12(15(18)19)14(13(16(20)21)9(2)17-8)10-4-6-11(22-3)7-5-10/h4-7,12,14H,1-3H3,(H,18,19)(H,20,21). The number of rotatable bonds is 4. The van der Waals surface area contributed by atoms with Crippen molar-refractivity contribution in [2.75, 3.05) is 7.11 Å². The second-order valence-electron chi connectivity index (χ2n) is 5.12. The van der Waals surface area contributed by atoms with Gasteiger partial charge in [-0.25, -0.2) is 4.79 Å². The summed E-state index contributed by atoms with van der Waals surface area (Å²) in [6.45, 7) is 3.19. The number of hydrogen-bond donors (Lipinski definition) is 2. The van der Waals surface area contributed by atoms with Gasteiger partial charge in [-0.1, -0.05) is 12.1 Å². The van der Waals surface area contributed by atoms with Crippen LogP contribution in [0.3, 0.4) is 0 Å². The van der Waals surface area contributed by atoms with Crippen molar-refractivity contribution >= 4 is 17.7 Å². The summed E-state index contributed by atoms with van der Waals surface area (Å²) in [6, 6.07) is 6.75. The highest BCUT2D eigenvalue weighted by Gasteiger charge is 2.40. The molecule has 1 aromatic rings. The van der Waals surface area contributed by atoms with E-state index >= 15 is 0 Å². The number of carbonyl (C=O) groups is 2. The van der Waals surface area contributed by atoms with E-state index in [4.69, 9.17) is 4.74 Å². The molecule has 2 N–H and O–H groups in total. The van der Waals surface area contributed by atoms with E-state index in [0.717, 1.165) is 0 Å². The zero-order valence-electron chi connectivity index (χ0n) is 12.5. The molecule has 6 nitrogen and oxygen atoms in total. The highest BCUT2D eigenvalue weighted by atomic mass is 16.5. The first-order valence-corrected chi connectivity index (χ1v) is 6.72. The molecule has 22 heavy (non-hydrogen) atoms. The molecule has 2 unspecified atom stereocenters. The average Bonchev–Trinajstić information content (AvgIpc) is 2.45. The van der Waals surface area contributed by atoms with Gasteiger partial charge in [-0.15, -0.1) is 0 Å². The minimum Gasteiger partial charge on any atom is -0.497 e.